The van der Waals surface area contributed by atoms with Crippen molar-refractivity contribution in [3.8, 4) is 0 Å². The van der Waals surface area contributed by atoms with E-state index in [1.807, 2.05) is 66.7 Å². The lowest BCUT2D eigenvalue weighted by Gasteiger charge is -2.19. The fourth-order valence-electron chi connectivity index (χ4n) is 3.06. The summed E-state index contributed by atoms with van der Waals surface area (Å²) >= 11 is 5.35. The SMILES string of the molecule is CCC(=O)Nc1cccc(NC(=S)NC(=O)C(c2ccccc2)c2ccccc2)c1. The van der Waals surface area contributed by atoms with Gasteiger partial charge in [0.1, 0.15) is 0 Å². The van der Waals surface area contributed by atoms with Crippen molar-refractivity contribution >= 4 is 40.5 Å². The Labute approximate surface area is 181 Å². The number of carbonyl (C=O) groups excluding carboxylic acids is 2. The van der Waals surface area contributed by atoms with Gasteiger partial charge in [0, 0.05) is 17.8 Å². The molecule has 0 saturated heterocycles. The second-order valence-electron chi connectivity index (χ2n) is 6.68. The van der Waals surface area contributed by atoms with Crippen molar-refractivity contribution in [2.75, 3.05) is 10.6 Å². The zero-order valence-electron chi connectivity index (χ0n) is 16.6. The fourth-order valence-corrected chi connectivity index (χ4v) is 3.28. The van der Waals surface area contributed by atoms with Crippen molar-refractivity contribution in [3.05, 3.63) is 96.1 Å². The number of rotatable bonds is 6. The third-order valence-electron chi connectivity index (χ3n) is 4.49. The smallest absolute Gasteiger partial charge is 0.238 e. The maximum atomic E-state index is 13.1. The second kappa shape index (κ2) is 10.3. The summed E-state index contributed by atoms with van der Waals surface area (Å²) in [6.07, 6.45) is 0.395. The van der Waals surface area contributed by atoms with Crippen LogP contribution < -0.4 is 16.0 Å². The first-order valence-corrected chi connectivity index (χ1v) is 10.1. The molecule has 0 spiro atoms. The Morgan fingerprint density at radius 1 is 0.800 bits per heavy atom. The minimum Gasteiger partial charge on any atom is -0.332 e. The number of benzene rings is 3. The van der Waals surface area contributed by atoms with Crippen LogP contribution in [0.2, 0.25) is 0 Å². The summed E-state index contributed by atoms with van der Waals surface area (Å²) in [5.74, 6) is -0.778. The molecule has 0 heterocycles. The molecule has 0 aliphatic rings. The maximum absolute atomic E-state index is 13.1. The number of anilines is 2. The fraction of sp³-hybridized carbons (Fsp3) is 0.125. The third-order valence-corrected chi connectivity index (χ3v) is 4.69. The molecule has 3 rings (SSSR count). The molecular formula is C24H23N3O2S. The molecule has 5 nitrogen and oxygen atoms in total. The van der Waals surface area contributed by atoms with Gasteiger partial charge in [-0.2, -0.15) is 0 Å². The Kier molecular flexibility index (Phi) is 7.29. The standard InChI is InChI=1S/C24H23N3O2S/c1-2-21(28)25-19-14-9-15-20(16-19)26-24(30)27-23(29)22(17-10-5-3-6-11-17)18-12-7-4-8-13-18/h3-16,22H,2H2,1H3,(H,25,28)(H2,26,27,29,30). The predicted molar refractivity (Wildman–Crippen MR) is 124 cm³/mol. The first-order valence-electron chi connectivity index (χ1n) is 9.68. The second-order valence-corrected chi connectivity index (χ2v) is 7.09. The average Bonchev–Trinajstić information content (AvgIpc) is 2.75. The molecule has 0 saturated carbocycles. The van der Waals surface area contributed by atoms with Gasteiger partial charge in [0.05, 0.1) is 5.92 Å². The van der Waals surface area contributed by atoms with Crippen LogP contribution in [0.5, 0.6) is 0 Å². The molecule has 30 heavy (non-hydrogen) atoms. The minimum atomic E-state index is -0.484. The molecule has 0 radical (unpaired) electrons. The first-order chi connectivity index (χ1) is 14.6. The van der Waals surface area contributed by atoms with E-state index in [0.717, 1.165) is 11.1 Å². The Morgan fingerprint density at radius 3 is 1.87 bits per heavy atom. The van der Waals surface area contributed by atoms with Gasteiger partial charge in [-0.3, -0.25) is 9.59 Å². The van der Waals surface area contributed by atoms with Crippen LogP contribution in [0.1, 0.15) is 30.4 Å². The minimum absolute atomic E-state index is 0.0726. The predicted octanol–water partition coefficient (Wildman–Crippen LogP) is 4.68. The third kappa shape index (κ3) is 5.75. The van der Waals surface area contributed by atoms with Crippen molar-refractivity contribution in [1.29, 1.82) is 0 Å². The summed E-state index contributed by atoms with van der Waals surface area (Å²) in [5.41, 5.74) is 3.10. The van der Waals surface area contributed by atoms with E-state index in [4.69, 9.17) is 12.2 Å². The van der Waals surface area contributed by atoms with Gasteiger partial charge in [-0.25, -0.2) is 0 Å². The van der Waals surface area contributed by atoms with Crippen LogP contribution in [-0.2, 0) is 9.59 Å². The normalized spacial score (nSPS) is 10.3. The number of carbonyl (C=O) groups is 2. The van der Waals surface area contributed by atoms with Crippen LogP contribution in [0.25, 0.3) is 0 Å². The molecule has 0 fully saturated rings. The summed E-state index contributed by atoms with van der Waals surface area (Å²) in [4.78, 5) is 24.7. The van der Waals surface area contributed by atoms with E-state index in [-0.39, 0.29) is 16.9 Å². The molecule has 152 valence electrons. The van der Waals surface area contributed by atoms with E-state index < -0.39 is 5.92 Å². The molecule has 0 aromatic heterocycles. The lowest BCUT2D eigenvalue weighted by molar-refractivity contribution is -0.120. The molecule has 0 aliphatic carbocycles. The van der Waals surface area contributed by atoms with Gasteiger partial charge >= 0.3 is 0 Å². The first kappa shape index (κ1) is 21.2. The zero-order valence-corrected chi connectivity index (χ0v) is 17.4. The molecule has 3 N–H and O–H groups in total. The molecule has 0 bridgehead atoms. The number of nitrogens with one attached hydrogen (secondary N) is 3. The topological polar surface area (TPSA) is 70.2 Å². The van der Waals surface area contributed by atoms with E-state index in [1.54, 1.807) is 25.1 Å². The highest BCUT2D eigenvalue weighted by Crippen LogP contribution is 2.25. The van der Waals surface area contributed by atoms with Gasteiger partial charge in [-0.15, -0.1) is 0 Å². The van der Waals surface area contributed by atoms with Gasteiger partial charge in [0.15, 0.2) is 5.11 Å². The molecule has 0 aliphatic heterocycles. The van der Waals surface area contributed by atoms with Gasteiger partial charge in [0.25, 0.3) is 0 Å². The van der Waals surface area contributed by atoms with Crippen LogP contribution in [0.15, 0.2) is 84.9 Å². The van der Waals surface area contributed by atoms with Gasteiger partial charge in [0.2, 0.25) is 11.8 Å². The van der Waals surface area contributed by atoms with E-state index in [9.17, 15) is 9.59 Å². The Balaban J connectivity index is 1.73. The van der Waals surface area contributed by atoms with E-state index in [1.165, 1.54) is 0 Å². The molecule has 3 aromatic carbocycles. The monoisotopic (exact) mass is 417 g/mol. The Bertz CT molecular complexity index is 983. The zero-order chi connectivity index (χ0) is 21.3. The van der Waals surface area contributed by atoms with Gasteiger partial charge in [-0.1, -0.05) is 73.7 Å². The summed E-state index contributed by atoms with van der Waals surface area (Å²) in [6, 6.07) is 26.3. The quantitative estimate of drug-likeness (QED) is 0.509. The van der Waals surface area contributed by atoms with Gasteiger partial charge in [-0.05, 0) is 41.5 Å². The van der Waals surface area contributed by atoms with Crippen LogP contribution in [0.4, 0.5) is 11.4 Å². The summed E-state index contributed by atoms with van der Waals surface area (Å²) in [5, 5.41) is 8.79. The highest BCUT2D eigenvalue weighted by Gasteiger charge is 2.23. The molecule has 3 aromatic rings. The summed E-state index contributed by atoms with van der Waals surface area (Å²) in [7, 11) is 0. The summed E-state index contributed by atoms with van der Waals surface area (Å²) in [6.45, 7) is 1.79. The highest BCUT2D eigenvalue weighted by atomic mass is 32.1. The molecule has 0 atom stereocenters. The molecule has 0 unspecified atom stereocenters. The summed E-state index contributed by atoms with van der Waals surface area (Å²) < 4.78 is 0. The van der Waals surface area contributed by atoms with Crippen LogP contribution in [-0.4, -0.2) is 16.9 Å². The van der Waals surface area contributed by atoms with Crippen LogP contribution >= 0.6 is 12.2 Å². The van der Waals surface area contributed by atoms with E-state index in [2.05, 4.69) is 16.0 Å². The number of hydrogen-bond acceptors (Lipinski definition) is 3. The average molecular weight is 418 g/mol. The maximum Gasteiger partial charge on any atom is 0.238 e. The largest absolute Gasteiger partial charge is 0.332 e. The van der Waals surface area contributed by atoms with Crippen molar-refractivity contribution < 1.29 is 9.59 Å². The van der Waals surface area contributed by atoms with Crippen molar-refractivity contribution in [1.82, 2.24) is 5.32 Å². The van der Waals surface area contributed by atoms with E-state index in [0.29, 0.717) is 17.8 Å². The molecular weight excluding hydrogens is 394 g/mol. The molecule has 2 amide bonds. The van der Waals surface area contributed by atoms with Gasteiger partial charge < -0.3 is 16.0 Å². The van der Waals surface area contributed by atoms with Crippen molar-refractivity contribution in [2.24, 2.45) is 0 Å². The lowest BCUT2D eigenvalue weighted by atomic mass is 9.90. The lowest BCUT2D eigenvalue weighted by Crippen LogP contribution is -2.37. The molecule has 6 heteroatoms. The van der Waals surface area contributed by atoms with Crippen molar-refractivity contribution in [3.63, 3.8) is 0 Å². The van der Waals surface area contributed by atoms with E-state index >= 15 is 0 Å². The van der Waals surface area contributed by atoms with Crippen LogP contribution in [0.3, 0.4) is 0 Å². The van der Waals surface area contributed by atoms with Crippen molar-refractivity contribution in [2.45, 2.75) is 19.3 Å². The highest BCUT2D eigenvalue weighted by molar-refractivity contribution is 7.80. The Morgan fingerprint density at radius 2 is 1.33 bits per heavy atom. The van der Waals surface area contributed by atoms with Crippen LogP contribution in [0, 0.1) is 0 Å². The number of amides is 2. The Hall–Kier alpha value is -3.51. The number of thiocarbonyl (C=S) groups is 1. The number of hydrogen-bond donors (Lipinski definition) is 3.